The fraction of sp³-hybridized carbons (Fsp3) is 0.583. The van der Waals surface area contributed by atoms with Crippen LogP contribution in [0, 0.1) is 27.4 Å². The summed E-state index contributed by atoms with van der Waals surface area (Å²) in [5.74, 6) is -2.48. The van der Waals surface area contributed by atoms with Gasteiger partial charge in [0.25, 0.3) is 0 Å². The average Bonchev–Trinajstić information content (AvgIpc) is 2.74. The van der Waals surface area contributed by atoms with Gasteiger partial charge in [0, 0.05) is 6.54 Å². The number of carbonyl (C=O) groups excluding carboxylic acids is 1. The van der Waals surface area contributed by atoms with Gasteiger partial charge >= 0.3 is 11.7 Å². The molecule has 2 N–H and O–H groups in total. The average molecular weight is 296 g/mol. The van der Waals surface area contributed by atoms with E-state index >= 15 is 0 Å². The zero-order chi connectivity index (χ0) is 15.8. The van der Waals surface area contributed by atoms with Gasteiger partial charge in [-0.1, -0.05) is 13.8 Å². The van der Waals surface area contributed by atoms with Crippen LogP contribution in [0.2, 0.25) is 0 Å². The lowest BCUT2D eigenvalue weighted by Crippen LogP contribution is -2.30. The van der Waals surface area contributed by atoms with E-state index in [-0.39, 0.29) is 24.7 Å². The third kappa shape index (κ3) is 2.86. The number of carbonyl (C=O) groups is 2. The van der Waals surface area contributed by atoms with Gasteiger partial charge in [-0.2, -0.15) is 5.10 Å². The Morgan fingerprint density at radius 2 is 2.19 bits per heavy atom. The van der Waals surface area contributed by atoms with Crippen LogP contribution in [0.15, 0.2) is 12.4 Å². The van der Waals surface area contributed by atoms with Crippen molar-refractivity contribution < 1.29 is 19.6 Å². The molecule has 2 rings (SSSR count). The lowest BCUT2D eigenvalue weighted by Gasteiger charge is -2.05. The Morgan fingerprint density at radius 3 is 2.67 bits per heavy atom. The minimum atomic E-state index is -0.970. The van der Waals surface area contributed by atoms with Crippen LogP contribution in [-0.4, -0.2) is 38.2 Å². The third-order valence-electron chi connectivity index (χ3n) is 3.85. The van der Waals surface area contributed by atoms with Gasteiger partial charge in [-0.15, -0.1) is 0 Å². The Morgan fingerprint density at radius 1 is 1.52 bits per heavy atom. The van der Waals surface area contributed by atoms with E-state index < -0.39 is 28.1 Å². The van der Waals surface area contributed by atoms with E-state index in [1.165, 1.54) is 10.9 Å². The molecule has 2 atom stereocenters. The fourth-order valence-corrected chi connectivity index (χ4v) is 2.56. The van der Waals surface area contributed by atoms with Gasteiger partial charge < -0.3 is 10.4 Å². The lowest BCUT2D eigenvalue weighted by molar-refractivity contribution is -0.385. The maximum atomic E-state index is 11.9. The Labute approximate surface area is 120 Å². The number of hydrogen-bond donors (Lipinski definition) is 2. The molecule has 21 heavy (non-hydrogen) atoms. The van der Waals surface area contributed by atoms with Crippen LogP contribution in [0.3, 0.4) is 0 Å². The highest BCUT2D eigenvalue weighted by atomic mass is 16.6. The number of nitro groups is 1. The molecule has 1 fully saturated rings. The van der Waals surface area contributed by atoms with Crippen LogP contribution in [0.25, 0.3) is 0 Å². The standard InChI is InChI=1S/C12H16N4O5/c1-12(2)8(9(12)11(18)19)10(17)13-3-4-15-6-7(5-14-15)16(20)21/h5-6,8-9H,3-4H2,1-2H3,(H,13,17)(H,18,19)/t8-,9+/m1/s1. The normalized spacial score (nSPS) is 22.6. The maximum Gasteiger partial charge on any atom is 0.307 e. The molecule has 114 valence electrons. The third-order valence-corrected chi connectivity index (χ3v) is 3.85. The van der Waals surface area contributed by atoms with Crippen LogP contribution < -0.4 is 5.32 Å². The van der Waals surface area contributed by atoms with Gasteiger partial charge in [-0.05, 0) is 5.41 Å². The molecule has 1 aromatic heterocycles. The second kappa shape index (κ2) is 5.15. The van der Waals surface area contributed by atoms with E-state index in [1.807, 2.05) is 0 Å². The number of amides is 1. The Bertz CT molecular complexity index is 594. The van der Waals surface area contributed by atoms with Crippen LogP contribution >= 0.6 is 0 Å². The number of rotatable bonds is 6. The van der Waals surface area contributed by atoms with E-state index in [9.17, 15) is 19.7 Å². The molecule has 1 heterocycles. The van der Waals surface area contributed by atoms with Gasteiger partial charge in [0.15, 0.2) is 0 Å². The Kier molecular flexibility index (Phi) is 3.67. The van der Waals surface area contributed by atoms with E-state index in [4.69, 9.17) is 5.11 Å². The molecular formula is C12H16N4O5. The van der Waals surface area contributed by atoms with Crippen molar-refractivity contribution in [3.8, 4) is 0 Å². The monoisotopic (exact) mass is 296 g/mol. The minimum absolute atomic E-state index is 0.115. The number of carboxylic acids is 1. The first-order valence-electron chi connectivity index (χ1n) is 6.42. The molecule has 1 aliphatic rings. The molecule has 1 saturated carbocycles. The highest BCUT2D eigenvalue weighted by molar-refractivity contribution is 5.91. The smallest absolute Gasteiger partial charge is 0.307 e. The molecule has 0 spiro atoms. The van der Waals surface area contributed by atoms with Crippen molar-refractivity contribution >= 4 is 17.6 Å². The van der Waals surface area contributed by atoms with E-state index in [0.717, 1.165) is 6.20 Å². The predicted octanol–water partition coefficient (Wildman–Crippen LogP) is 0.264. The summed E-state index contributed by atoms with van der Waals surface area (Å²) in [5, 5.41) is 25.9. The number of carboxylic acid groups (broad SMARTS) is 1. The number of aromatic nitrogens is 2. The molecule has 1 aromatic rings. The zero-order valence-electron chi connectivity index (χ0n) is 11.6. The summed E-state index contributed by atoms with van der Waals surface area (Å²) in [6.45, 7) is 4.00. The largest absolute Gasteiger partial charge is 0.481 e. The van der Waals surface area contributed by atoms with Gasteiger partial charge in [-0.25, -0.2) is 0 Å². The van der Waals surface area contributed by atoms with Crippen molar-refractivity contribution in [2.45, 2.75) is 20.4 Å². The SMILES string of the molecule is CC1(C)[C@H](C(=O)O)[C@@H]1C(=O)NCCn1cc([N+](=O)[O-])cn1. The second-order valence-electron chi connectivity index (χ2n) is 5.62. The summed E-state index contributed by atoms with van der Waals surface area (Å²) < 4.78 is 1.35. The molecule has 1 amide bonds. The summed E-state index contributed by atoms with van der Waals surface area (Å²) in [4.78, 5) is 32.9. The Balaban J connectivity index is 1.82. The summed E-state index contributed by atoms with van der Waals surface area (Å²) in [6, 6.07) is 0. The maximum absolute atomic E-state index is 11.9. The van der Waals surface area contributed by atoms with Crippen molar-refractivity contribution in [1.82, 2.24) is 15.1 Å². The van der Waals surface area contributed by atoms with Gasteiger partial charge in [0.1, 0.15) is 12.4 Å². The quantitative estimate of drug-likeness (QED) is 0.572. The van der Waals surface area contributed by atoms with Crippen molar-refractivity contribution in [3.05, 3.63) is 22.5 Å². The zero-order valence-corrected chi connectivity index (χ0v) is 11.6. The minimum Gasteiger partial charge on any atom is -0.481 e. The lowest BCUT2D eigenvalue weighted by atomic mass is 10.1. The first kappa shape index (κ1) is 14.9. The van der Waals surface area contributed by atoms with Gasteiger partial charge in [0.2, 0.25) is 5.91 Å². The molecule has 0 bridgehead atoms. The van der Waals surface area contributed by atoms with Crippen molar-refractivity contribution in [2.75, 3.05) is 6.54 Å². The molecule has 1 aliphatic carbocycles. The molecular weight excluding hydrogens is 280 g/mol. The highest BCUT2D eigenvalue weighted by Gasteiger charge is 2.65. The first-order chi connectivity index (χ1) is 9.75. The number of hydrogen-bond acceptors (Lipinski definition) is 5. The molecule has 0 radical (unpaired) electrons. The van der Waals surface area contributed by atoms with E-state index in [0.29, 0.717) is 0 Å². The van der Waals surface area contributed by atoms with Crippen molar-refractivity contribution in [2.24, 2.45) is 17.3 Å². The summed E-state index contributed by atoms with van der Waals surface area (Å²) in [6.07, 6.45) is 2.40. The molecule has 0 unspecified atom stereocenters. The van der Waals surface area contributed by atoms with E-state index in [1.54, 1.807) is 13.8 Å². The van der Waals surface area contributed by atoms with Crippen LogP contribution in [0.1, 0.15) is 13.8 Å². The second-order valence-corrected chi connectivity index (χ2v) is 5.62. The fourth-order valence-electron chi connectivity index (χ4n) is 2.56. The Hall–Kier alpha value is -2.45. The number of nitrogens with zero attached hydrogens (tertiary/aromatic N) is 3. The summed E-state index contributed by atoms with van der Waals surface area (Å²) in [5.41, 5.74) is -0.656. The van der Waals surface area contributed by atoms with Crippen LogP contribution in [0.5, 0.6) is 0 Å². The molecule has 0 aromatic carbocycles. The van der Waals surface area contributed by atoms with Crippen LogP contribution in [0.4, 0.5) is 5.69 Å². The van der Waals surface area contributed by atoms with Crippen molar-refractivity contribution in [1.29, 1.82) is 0 Å². The van der Waals surface area contributed by atoms with Crippen molar-refractivity contribution in [3.63, 3.8) is 0 Å². The molecule has 0 saturated heterocycles. The van der Waals surface area contributed by atoms with Gasteiger partial charge in [-0.3, -0.25) is 24.4 Å². The van der Waals surface area contributed by atoms with E-state index in [2.05, 4.69) is 10.4 Å². The topological polar surface area (TPSA) is 127 Å². The predicted molar refractivity (Wildman–Crippen MR) is 70.3 cm³/mol. The number of nitrogens with one attached hydrogen (secondary N) is 1. The first-order valence-corrected chi connectivity index (χ1v) is 6.42. The highest BCUT2D eigenvalue weighted by Crippen LogP contribution is 2.58. The van der Waals surface area contributed by atoms with Crippen LogP contribution in [-0.2, 0) is 16.1 Å². The van der Waals surface area contributed by atoms with Gasteiger partial charge in [0.05, 0.1) is 23.3 Å². The molecule has 0 aliphatic heterocycles. The molecule has 9 nitrogen and oxygen atoms in total. The summed E-state index contributed by atoms with van der Waals surface area (Å²) >= 11 is 0. The molecule has 9 heteroatoms. The number of aliphatic carboxylic acids is 1. The summed E-state index contributed by atoms with van der Waals surface area (Å²) in [7, 11) is 0.